The molecule has 1 amide bonds. The number of alkyl halides is 3. The van der Waals surface area contributed by atoms with Gasteiger partial charge in [-0.25, -0.2) is 0 Å². The van der Waals surface area contributed by atoms with Crippen LogP contribution in [0.25, 0.3) is 0 Å². The predicted octanol–water partition coefficient (Wildman–Crippen LogP) is 5.61. The van der Waals surface area contributed by atoms with Gasteiger partial charge in [0.15, 0.2) is 0 Å². The molecule has 1 aromatic carbocycles. The predicted molar refractivity (Wildman–Crippen MR) is 95.7 cm³/mol. The highest BCUT2D eigenvalue weighted by molar-refractivity contribution is 9.10. The maximum Gasteiger partial charge on any atom is 0.246 e. The third kappa shape index (κ3) is 7.91. The quantitative estimate of drug-likeness (QED) is 0.330. The monoisotopic (exact) mass is 429 g/mol. The van der Waals surface area contributed by atoms with E-state index < -0.39 is 10.0 Å². The lowest BCUT2D eigenvalue weighted by Gasteiger charge is -2.26. The molecule has 1 aromatic rings. The van der Waals surface area contributed by atoms with Crippen LogP contribution in [0, 0.1) is 0 Å². The van der Waals surface area contributed by atoms with Gasteiger partial charge in [-0.3, -0.25) is 4.79 Å². The third-order valence-corrected chi connectivity index (χ3v) is 4.04. The summed E-state index contributed by atoms with van der Waals surface area (Å²) >= 11 is 21.0. The van der Waals surface area contributed by atoms with Gasteiger partial charge >= 0.3 is 0 Å². The Kier molecular flexibility index (Phi) is 8.91. The molecule has 0 saturated heterocycles. The summed E-state index contributed by atoms with van der Waals surface area (Å²) in [6.45, 7) is 2.12. The van der Waals surface area contributed by atoms with Crippen LogP contribution in [0.4, 0.5) is 0 Å². The van der Waals surface area contributed by atoms with Gasteiger partial charge in [-0.05, 0) is 30.7 Å². The number of nitrogens with one attached hydrogen (secondary N) is 1. The summed E-state index contributed by atoms with van der Waals surface area (Å²) in [5, 5.41) is 2.63. The summed E-state index contributed by atoms with van der Waals surface area (Å²) < 4.78 is 4.73. The lowest BCUT2D eigenvalue weighted by Crippen LogP contribution is -2.47. The molecule has 0 heterocycles. The molecular weight excluding hydrogens is 412 g/mol. The highest BCUT2D eigenvalue weighted by atomic mass is 79.9. The van der Waals surface area contributed by atoms with Crippen LogP contribution >= 0.6 is 50.7 Å². The molecule has 0 spiro atoms. The summed E-state index contributed by atoms with van der Waals surface area (Å²) in [4.78, 5) is 11.9. The molecule has 0 bridgehead atoms. The SMILES string of the molecule is CCCCCCC(=O)N[C@@H](Oc1ccc(Br)cc1)C(Cl)(Cl)Cl. The van der Waals surface area contributed by atoms with E-state index in [4.69, 9.17) is 39.5 Å². The van der Waals surface area contributed by atoms with Crippen molar-refractivity contribution in [3.05, 3.63) is 28.7 Å². The Morgan fingerprint density at radius 1 is 1.23 bits per heavy atom. The van der Waals surface area contributed by atoms with Crippen molar-refractivity contribution in [2.75, 3.05) is 0 Å². The normalized spacial score (nSPS) is 12.8. The first-order chi connectivity index (χ1) is 10.3. The van der Waals surface area contributed by atoms with Crippen molar-refractivity contribution < 1.29 is 9.53 Å². The number of hydrogen-bond donors (Lipinski definition) is 1. The van der Waals surface area contributed by atoms with E-state index in [1.807, 2.05) is 0 Å². The minimum atomic E-state index is -1.76. The molecule has 22 heavy (non-hydrogen) atoms. The van der Waals surface area contributed by atoms with Gasteiger partial charge in [-0.1, -0.05) is 76.9 Å². The van der Waals surface area contributed by atoms with Crippen LogP contribution in [0.5, 0.6) is 5.75 Å². The van der Waals surface area contributed by atoms with Crippen LogP contribution in [-0.2, 0) is 4.79 Å². The van der Waals surface area contributed by atoms with E-state index in [2.05, 4.69) is 28.2 Å². The van der Waals surface area contributed by atoms with E-state index in [0.717, 1.165) is 30.2 Å². The molecule has 1 rings (SSSR count). The van der Waals surface area contributed by atoms with Gasteiger partial charge in [0, 0.05) is 10.9 Å². The molecular formula is C15H19BrCl3NO2. The summed E-state index contributed by atoms with van der Waals surface area (Å²) in [5.74, 6) is 0.315. The molecule has 0 fully saturated rings. The second kappa shape index (κ2) is 9.86. The highest BCUT2D eigenvalue weighted by Gasteiger charge is 2.36. The molecule has 1 N–H and O–H groups in total. The largest absolute Gasteiger partial charge is 0.466 e. The molecule has 1 atom stereocenters. The van der Waals surface area contributed by atoms with Crippen LogP contribution in [0.2, 0.25) is 0 Å². The fourth-order valence-electron chi connectivity index (χ4n) is 1.76. The summed E-state index contributed by atoms with van der Waals surface area (Å²) in [6.07, 6.45) is 3.39. The zero-order valence-electron chi connectivity index (χ0n) is 12.3. The fourth-order valence-corrected chi connectivity index (χ4v) is 2.32. The van der Waals surface area contributed by atoms with Crippen molar-refractivity contribution >= 4 is 56.6 Å². The molecule has 0 unspecified atom stereocenters. The lowest BCUT2D eigenvalue weighted by molar-refractivity contribution is -0.123. The molecule has 3 nitrogen and oxygen atoms in total. The van der Waals surface area contributed by atoms with E-state index in [9.17, 15) is 4.79 Å². The molecule has 7 heteroatoms. The van der Waals surface area contributed by atoms with Gasteiger partial charge in [-0.15, -0.1) is 0 Å². The van der Waals surface area contributed by atoms with Gasteiger partial charge < -0.3 is 10.1 Å². The molecule has 124 valence electrons. The van der Waals surface area contributed by atoms with Gasteiger partial charge in [0.25, 0.3) is 0 Å². The van der Waals surface area contributed by atoms with E-state index >= 15 is 0 Å². The maximum absolute atomic E-state index is 11.9. The second-order valence-corrected chi connectivity index (χ2v) is 8.16. The first-order valence-corrected chi connectivity index (χ1v) is 9.04. The van der Waals surface area contributed by atoms with E-state index in [0.29, 0.717) is 12.2 Å². The van der Waals surface area contributed by atoms with Crippen LogP contribution in [0.3, 0.4) is 0 Å². The lowest BCUT2D eigenvalue weighted by atomic mass is 10.1. The van der Waals surface area contributed by atoms with E-state index in [1.54, 1.807) is 24.3 Å². The summed E-state index contributed by atoms with van der Waals surface area (Å²) in [6, 6.07) is 7.05. The number of hydrogen-bond acceptors (Lipinski definition) is 2. The average molecular weight is 432 g/mol. The van der Waals surface area contributed by atoms with Gasteiger partial charge in [0.2, 0.25) is 15.9 Å². The third-order valence-electron chi connectivity index (χ3n) is 2.91. The second-order valence-electron chi connectivity index (χ2n) is 4.87. The van der Waals surface area contributed by atoms with Crippen molar-refractivity contribution in [3.8, 4) is 5.75 Å². The van der Waals surface area contributed by atoms with Crippen LogP contribution in [0.15, 0.2) is 28.7 Å². The molecule has 0 aliphatic rings. The zero-order chi connectivity index (χ0) is 16.6. The van der Waals surface area contributed by atoms with Crippen molar-refractivity contribution in [3.63, 3.8) is 0 Å². The maximum atomic E-state index is 11.9. The summed E-state index contributed by atoms with van der Waals surface area (Å²) in [5.41, 5.74) is 0. The molecule has 0 aliphatic carbocycles. The molecule has 0 radical (unpaired) electrons. The number of unbranched alkanes of at least 4 members (excludes halogenated alkanes) is 3. The number of benzene rings is 1. The van der Waals surface area contributed by atoms with E-state index in [-0.39, 0.29) is 5.91 Å². The minimum Gasteiger partial charge on any atom is -0.466 e. The number of amides is 1. The smallest absolute Gasteiger partial charge is 0.246 e. The number of halogens is 4. The Morgan fingerprint density at radius 2 is 1.86 bits per heavy atom. The Morgan fingerprint density at radius 3 is 2.41 bits per heavy atom. The average Bonchev–Trinajstić information content (AvgIpc) is 2.44. The van der Waals surface area contributed by atoms with Crippen LogP contribution in [-0.4, -0.2) is 15.9 Å². The summed E-state index contributed by atoms with van der Waals surface area (Å²) in [7, 11) is 0. The number of ether oxygens (including phenoxy) is 1. The topological polar surface area (TPSA) is 38.3 Å². The Labute approximate surface area is 154 Å². The van der Waals surface area contributed by atoms with Crippen molar-refractivity contribution in [2.24, 2.45) is 0 Å². The minimum absolute atomic E-state index is 0.190. The van der Waals surface area contributed by atoms with E-state index in [1.165, 1.54) is 0 Å². The van der Waals surface area contributed by atoms with Crippen LogP contribution in [0.1, 0.15) is 39.0 Å². The number of carbonyl (C=O) groups excluding carboxylic acids is 1. The first kappa shape index (κ1) is 19.9. The van der Waals surface area contributed by atoms with Gasteiger partial charge in [0.1, 0.15) is 5.75 Å². The Balaban J connectivity index is 2.57. The fraction of sp³-hybridized carbons (Fsp3) is 0.533. The number of rotatable bonds is 8. The molecule has 0 aliphatic heterocycles. The number of carbonyl (C=O) groups is 1. The van der Waals surface area contributed by atoms with Gasteiger partial charge in [-0.2, -0.15) is 0 Å². The van der Waals surface area contributed by atoms with Gasteiger partial charge in [0.05, 0.1) is 0 Å². The first-order valence-electron chi connectivity index (χ1n) is 7.11. The Hall–Kier alpha value is -0.160. The van der Waals surface area contributed by atoms with Crippen molar-refractivity contribution in [2.45, 2.75) is 49.0 Å². The Bertz CT molecular complexity index is 463. The zero-order valence-corrected chi connectivity index (χ0v) is 16.1. The highest BCUT2D eigenvalue weighted by Crippen LogP contribution is 2.32. The van der Waals surface area contributed by atoms with Crippen molar-refractivity contribution in [1.82, 2.24) is 5.32 Å². The van der Waals surface area contributed by atoms with Crippen molar-refractivity contribution in [1.29, 1.82) is 0 Å². The standard InChI is InChI=1S/C15H19BrCl3NO2/c1-2-3-4-5-6-13(21)20-14(15(17,18)19)22-12-9-7-11(16)8-10-12/h7-10,14H,2-6H2,1H3,(H,20,21)/t14-/m0/s1. The molecule has 0 saturated carbocycles. The van der Waals surface area contributed by atoms with Crippen LogP contribution < -0.4 is 10.1 Å². The molecule has 0 aromatic heterocycles.